The lowest BCUT2D eigenvalue weighted by atomic mass is 9.93. The van der Waals surface area contributed by atoms with Crippen molar-refractivity contribution in [1.82, 2.24) is 29.7 Å². The average Bonchev–Trinajstić information content (AvgIpc) is 3.47. The second kappa shape index (κ2) is 9.95. The topological polar surface area (TPSA) is 109 Å². The monoisotopic (exact) mass is 483 g/mol. The fourth-order valence-electron chi connectivity index (χ4n) is 4.58. The van der Waals surface area contributed by atoms with Gasteiger partial charge in [0.2, 0.25) is 5.95 Å². The van der Waals surface area contributed by atoms with Gasteiger partial charge in [0.05, 0.1) is 18.8 Å². The molecule has 9 nitrogen and oxygen atoms in total. The number of aromatic nitrogens is 5. The Morgan fingerprint density at radius 2 is 2.06 bits per heavy atom. The van der Waals surface area contributed by atoms with Gasteiger partial charge < -0.3 is 20.4 Å². The van der Waals surface area contributed by atoms with E-state index in [4.69, 9.17) is 4.74 Å². The molecule has 0 atom stereocenters. The van der Waals surface area contributed by atoms with Crippen molar-refractivity contribution >= 4 is 28.5 Å². The number of anilines is 1. The summed E-state index contributed by atoms with van der Waals surface area (Å²) in [6.45, 7) is 2.06. The number of alkyl halides is 2. The van der Waals surface area contributed by atoms with Gasteiger partial charge >= 0.3 is 0 Å². The van der Waals surface area contributed by atoms with Crippen LogP contribution < -0.4 is 10.6 Å². The number of halogens is 2. The van der Waals surface area contributed by atoms with E-state index in [2.05, 4.69) is 30.6 Å². The highest BCUT2D eigenvalue weighted by Gasteiger charge is 2.22. The van der Waals surface area contributed by atoms with Gasteiger partial charge in [-0.3, -0.25) is 9.20 Å². The smallest absolute Gasteiger partial charge is 0.270 e. The second-order valence-electron chi connectivity index (χ2n) is 8.62. The van der Waals surface area contributed by atoms with E-state index in [0.29, 0.717) is 29.4 Å². The molecule has 0 aliphatic heterocycles. The number of hydrogen-bond acceptors (Lipinski definition) is 6. The number of fused-ring (bicyclic) bond motifs is 2. The van der Waals surface area contributed by atoms with Crippen molar-refractivity contribution in [2.75, 3.05) is 18.5 Å². The number of H-pyrrole nitrogens is 1. The number of hydrogen-bond donors (Lipinski definition) is 3. The zero-order valence-electron chi connectivity index (χ0n) is 19.3. The Hall–Kier alpha value is -3.60. The predicted octanol–water partition coefficient (Wildman–Crippen LogP) is 4.03. The molecule has 0 aromatic carbocycles. The quantitative estimate of drug-likeness (QED) is 0.349. The van der Waals surface area contributed by atoms with Crippen LogP contribution in [0.4, 0.5) is 14.7 Å². The lowest BCUT2D eigenvalue weighted by Gasteiger charge is -2.28. The second-order valence-corrected chi connectivity index (χ2v) is 8.62. The molecule has 0 spiro atoms. The van der Waals surface area contributed by atoms with Gasteiger partial charge in [0, 0.05) is 47.8 Å². The molecule has 11 heteroatoms. The standard InChI is InChI=1S/C24H27F2N7O2/c1-2-35-16-6-4-15(5-7-16)31-24-30-10-18-17(9-28-22(18)32-24)14-3-8-21-27-11-19(33(21)13-14)23(34)29-12-20(25)26/h3,8-11,13,15-16,20H,2,4-7,12H2,1H3,(H,29,34)(H2,28,30,31,32). The van der Waals surface area contributed by atoms with E-state index >= 15 is 0 Å². The number of nitrogens with zero attached hydrogens (tertiary/aromatic N) is 4. The van der Waals surface area contributed by atoms with Gasteiger partial charge in [-0.1, -0.05) is 0 Å². The normalized spacial score (nSPS) is 18.4. The molecule has 0 saturated heterocycles. The first-order valence-corrected chi connectivity index (χ1v) is 11.8. The summed E-state index contributed by atoms with van der Waals surface area (Å²) >= 11 is 0. The number of aromatic amines is 1. The minimum absolute atomic E-state index is 0.184. The van der Waals surface area contributed by atoms with Crippen LogP contribution in [-0.4, -0.2) is 62.0 Å². The average molecular weight is 484 g/mol. The summed E-state index contributed by atoms with van der Waals surface area (Å²) in [5.41, 5.74) is 3.09. The minimum atomic E-state index is -2.62. The molecule has 0 radical (unpaired) electrons. The molecule has 0 bridgehead atoms. The molecule has 1 fully saturated rings. The van der Waals surface area contributed by atoms with Crippen LogP contribution >= 0.6 is 0 Å². The Morgan fingerprint density at radius 3 is 2.83 bits per heavy atom. The molecule has 0 unspecified atom stereocenters. The molecule has 1 aliphatic carbocycles. The number of ether oxygens (including phenoxy) is 1. The molecule has 5 rings (SSSR count). The number of imidazole rings is 1. The van der Waals surface area contributed by atoms with E-state index in [9.17, 15) is 13.6 Å². The van der Waals surface area contributed by atoms with Gasteiger partial charge in [0.25, 0.3) is 12.3 Å². The van der Waals surface area contributed by atoms with Crippen molar-refractivity contribution in [3.05, 3.63) is 42.6 Å². The van der Waals surface area contributed by atoms with Crippen LogP contribution in [0.1, 0.15) is 43.1 Å². The number of pyridine rings is 1. The Morgan fingerprint density at radius 1 is 1.23 bits per heavy atom. The molecule has 1 aliphatic rings. The molecule has 35 heavy (non-hydrogen) atoms. The van der Waals surface area contributed by atoms with Crippen LogP contribution in [0.2, 0.25) is 0 Å². The molecular weight excluding hydrogens is 456 g/mol. The summed E-state index contributed by atoms with van der Waals surface area (Å²) in [7, 11) is 0. The number of carbonyl (C=O) groups is 1. The SMILES string of the molecule is CCOC1CCC(Nc2ncc3c(-c4ccc5ncc(C(=O)NCC(F)F)n5c4)c[nH]c3n2)CC1. The van der Waals surface area contributed by atoms with E-state index in [1.54, 1.807) is 22.9 Å². The summed E-state index contributed by atoms with van der Waals surface area (Å²) in [6, 6.07) is 3.97. The minimum Gasteiger partial charge on any atom is -0.379 e. The van der Waals surface area contributed by atoms with Gasteiger partial charge in [-0.2, -0.15) is 4.98 Å². The third kappa shape index (κ3) is 4.95. The summed E-state index contributed by atoms with van der Waals surface area (Å²) < 4.78 is 32.3. The highest BCUT2D eigenvalue weighted by Crippen LogP contribution is 2.29. The molecule has 4 heterocycles. The Kier molecular flexibility index (Phi) is 6.58. The maximum atomic E-state index is 12.5. The van der Waals surface area contributed by atoms with E-state index in [0.717, 1.165) is 48.8 Å². The number of amides is 1. The van der Waals surface area contributed by atoms with E-state index < -0.39 is 18.9 Å². The van der Waals surface area contributed by atoms with E-state index in [1.165, 1.54) is 6.20 Å². The van der Waals surface area contributed by atoms with Crippen LogP contribution in [-0.2, 0) is 4.74 Å². The van der Waals surface area contributed by atoms with Crippen molar-refractivity contribution < 1.29 is 18.3 Å². The van der Waals surface area contributed by atoms with Gasteiger partial charge in [-0.15, -0.1) is 0 Å². The zero-order valence-corrected chi connectivity index (χ0v) is 19.3. The number of rotatable bonds is 8. The van der Waals surface area contributed by atoms with Crippen LogP contribution in [0, 0.1) is 0 Å². The molecule has 1 saturated carbocycles. The maximum absolute atomic E-state index is 12.5. The Labute approximate surface area is 200 Å². The van der Waals surface area contributed by atoms with Crippen LogP contribution in [0.3, 0.4) is 0 Å². The van der Waals surface area contributed by atoms with E-state index in [-0.39, 0.29) is 5.69 Å². The van der Waals surface area contributed by atoms with Gasteiger partial charge in [0.15, 0.2) is 0 Å². The molecule has 3 N–H and O–H groups in total. The highest BCUT2D eigenvalue weighted by molar-refractivity contribution is 5.95. The summed E-state index contributed by atoms with van der Waals surface area (Å²) in [4.78, 5) is 28.9. The highest BCUT2D eigenvalue weighted by atomic mass is 19.3. The van der Waals surface area contributed by atoms with Crippen molar-refractivity contribution in [2.45, 2.75) is 51.2 Å². The fourth-order valence-corrected chi connectivity index (χ4v) is 4.58. The third-order valence-corrected chi connectivity index (χ3v) is 6.31. The number of carbonyl (C=O) groups excluding carboxylic acids is 1. The molecular formula is C24H27F2N7O2. The molecule has 4 aromatic rings. The summed E-state index contributed by atoms with van der Waals surface area (Å²) in [5.74, 6) is -0.0305. The Balaban J connectivity index is 1.35. The first kappa shape index (κ1) is 23.2. The van der Waals surface area contributed by atoms with Gasteiger partial charge in [0.1, 0.15) is 17.0 Å². The lowest BCUT2D eigenvalue weighted by Crippen LogP contribution is -2.30. The molecule has 1 amide bonds. The van der Waals surface area contributed by atoms with Crippen molar-refractivity contribution in [3.63, 3.8) is 0 Å². The van der Waals surface area contributed by atoms with Crippen molar-refractivity contribution in [2.24, 2.45) is 0 Å². The van der Waals surface area contributed by atoms with Crippen molar-refractivity contribution in [3.8, 4) is 11.1 Å². The van der Waals surface area contributed by atoms with E-state index in [1.807, 2.05) is 19.2 Å². The Bertz CT molecular complexity index is 1330. The summed E-state index contributed by atoms with van der Waals surface area (Å²) in [5, 5.41) is 6.49. The first-order chi connectivity index (χ1) is 17.0. The van der Waals surface area contributed by atoms with Gasteiger partial charge in [-0.05, 0) is 44.7 Å². The first-order valence-electron chi connectivity index (χ1n) is 11.8. The predicted molar refractivity (Wildman–Crippen MR) is 128 cm³/mol. The van der Waals surface area contributed by atoms with Crippen LogP contribution in [0.5, 0.6) is 0 Å². The number of nitrogens with one attached hydrogen (secondary N) is 3. The van der Waals surface area contributed by atoms with Crippen LogP contribution in [0.15, 0.2) is 36.9 Å². The molecule has 4 aromatic heterocycles. The summed E-state index contributed by atoms with van der Waals surface area (Å²) in [6.07, 6.45) is 8.55. The molecule has 184 valence electrons. The maximum Gasteiger partial charge on any atom is 0.270 e. The lowest BCUT2D eigenvalue weighted by molar-refractivity contribution is 0.0346. The fraction of sp³-hybridized carbons (Fsp3) is 0.417. The van der Waals surface area contributed by atoms with Crippen LogP contribution in [0.25, 0.3) is 27.8 Å². The third-order valence-electron chi connectivity index (χ3n) is 6.31. The van der Waals surface area contributed by atoms with Gasteiger partial charge in [-0.25, -0.2) is 18.7 Å². The largest absolute Gasteiger partial charge is 0.379 e. The van der Waals surface area contributed by atoms with Crippen molar-refractivity contribution in [1.29, 1.82) is 0 Å². The zero-order chi connectivity index (χ0) is 24.4.